The SMILES string of the molecule is O=C(O)C(=O)NCCc1nccs1. The molecule has 0 unspecified atom stereocenters. The van der Waals surface area contributed by atoms with Gasteiger partial charge in [0.05, 0.1) is 5.01 Å². The van der Waals surface area contributed by atoms with Crippen molar-refractivity contribution in [2.75, 3.05) is 6.54 Å². The molecule has 2 N–H and O–H groups in total. The van der Waals surface area contributed by atoms with Crippen molar-refractivity contribution < 1.29 is 14.7 Å². The number of hydrogen-bond acceptors (Lipinski definition) is 4. The summed E-state index contributed by atoms with van der Waals surface area (Å²) in [6.07, 6.45) is 2.23. The number of nitrogens with one attached hydrogen (secondary N) is 1. The van der Waals surface area contributed by atoms with E-state index in [1.165, 1.54) is 11.3 Å². The van der Waals surface area contributed by atoms with Gasteiger partial charge in [-0.3, -0.25) is 4.79 Å². The highest BCUT2D eigenvalue weighted by Gasteiger charge is 2.09. The van der Waals surface area contributed by atoms with Crippen LogP contribution in [0.1, 0.15) is 5.01 Å². The van der Waals surface area contributed by atoms with Gasteiger partial charge in [0, 0.05) is 24.5 Å². The normalized spacial score (nSPS) is 9.54. The summed E-state index contributed by atoms with van der Waals surface area (Å²) in [6, 6.07) is 0. The molecule has 0 aliphatic carbocycles. The van der Waals surface area contributed by atoms with Gasteiger partial charge in [0.2, 0.25) is 0 Å². The van der Waals surface area contributed by atoms with Crippen LogP contribution in [0.4, 0.5) is 0 Å². The Morgan fingerprint density at radius 3 is 2.92 bits per heavy atom. The molecule has 0 fully saturated rings. The first kappa shape index (κ1) is 9.66. The number of rotatable bonds is 3. The van der Waals surface area contributed by atoms with Gasteiger partial charge in [-0.05, 0) is 0 Å². The molecule has 0 aliphatic rings. The van der Waals surface area contributed by atoms with E-state index in [0.717, 1.165) is 5.01 Å². The van der Waals surface area contributed by atoms with Crippen LogP contribution < -0.4 is 5.32 Å². The van der Waals surface area contributed by atoms with E-state index in [2.05, 4.69) is 10.3 Å². The quantitative estimate of drug-likeness (QED) is 0.667. The van der Waals surface area contributed by atoms with Crippen LogP contribution in [-0.2, 0) is 16.0 Å². The first-order chi connectivity index (χ1) is 6.20. The first-order valence-corrected chi connectivity index (χ1v) is 4.47. The Balaban J connectivity index is 2.22. The predicted octanol–water partition coefficient (Wildman–Crippen LogP) is -0.114. The first-order valence-electron chi connectivity index (χ1n) is 3.59. The standard InChI is InChI=1S/C7H8N2O3S/c10-6(7(11)12)9-2-1-5-8-3-4-13-5/h3-4H,1-2H2,(H,9,10)(H,11,12). The summed E-state index contributed by atoms with van der Waals surface area (Å²) < 4.78 is 0. The van der Waals surface area contributed by atoms with Crippen LogP contribution in [0.15, 0.2) is 11.6 Å². The van der Waals surface area contributed by atoms with Crippen LogP contribution in [0.5, 0.6) is 0 Å². The Kier molecular flexibility index (Phi) is 3.39. The maximum absolute atomic E-state index is 10.5. The van der Waals surface area contributed by atoms with E-state index in [1.54, 1.807) is 6.20 Å². The Labute approximate surface area is 78.4 Å². The molecule has 1 aromatic rings. The van der Waals surface area contributed by atoms with Gasteiger partial charge >= 0.3 is 11.9 Å². The molecule has 6 heteroatoms. The number of aromatic nitrogens is 1. The number of carbonyl (C=O) groups excluding carboxylic acids is 1. The highest BCUT2D eigenvalue weighted by Crippen LogP contribution is 2.03. The molecule has 0 spiro atoms. The molecule has 0 aromatic carbocycles. The van der Waals surface area contributed by atoms with Crippen LogP contribution in [-0.4, -0.2) is 28.5 Å². The molecule has 0 bridgehead atoms. The maximum atomic E-state index is 10.5. The highest BCUT2D eigenvalue weighted by atomic mass is 32.1. The zero-order valence-corrected chi connectivity index (χ0v) is 7.50. The van der Waals surface area contributed by atoms with Crippen molar-refractivity contribution in [3.8, 4) is 0 Å². The third-order valence-electron chi connectivity index (χ3n) is 1.30. The number of carbonyl (C=O) groups is 2. The predicted molar refractivity (Wildman–Crippen MR) is 46.5 cm³/mol. The lowest BCUT2D eigenvalue weighted by Crippen LogP contribution is -2.32. The second-order valence-corrected chi connectivity index (χ2v) is 3.22. The fourth-order valence-electron chi connectivity index (χ4n) is 0.735. The van der Waals surface area contributed by atoms with Crippen molar-refractivity contribution in [3.63, 3.8) is 0 Å². The molecule has 0 saturated carbocycles. The van der Waals surface area contributed by atoms with Gasteiger partial charge in [0.15, 0.2) is 0 Å². The van der Waals surface area contributed by atoms with Crippen molar-refractivity contribution in [2.24, 2.45) is 0 Å². The Morgan fingerprint density at radius 1 is 1.62 bits per heavy atom. The van der Waals surface area contributed by atoms with Crippen molar-refractivity contribution in [3.05, 3.63) is 16.6 Å². The third kappa shape index (κ3) is 3.20. The summed E-state index contributed by atoms with van der Waals surface area (Å²) in [7, 11) is 0. The van der Waals surface area contributed by atoms with Crippen molar-refractivity contribution >= 4 is 23.2 Å². The molecule has 1 aromatic heterocycles. The van der Waals surface area contributed by atoms with Gasteiger partial charge in [-0.1, -0.05) is 0 Å². The van der Waals surface area contributed by atoms with Gasteiger partial charge in [0.1, 0.15) is 0 Å². The van der Waals surface area contributed by atoms with Crippen molar-refractivity contribution in [2.45, 2.75) is 6.42 Å². The lowest BCUT2D eigenvalue weighted by atomic mass is 10.4. The molecule has 0 atom stereocenters. The fourth-order valence-corrected chi connectivity index (χ4v) is 1.36. The smallest absolute Gasteiger partial charge is 0.394 e. The van der Waals surface area contributed by atoms with Gasteiger partial charge in [-0.15, -0.1) is 11.3 Å². The zero-order valence-electron chi connectivity index (χ0n) is 6.69. The third-order valence-corrected chi connectivity index (χ3v) is 2.14. The van der Waals surface area contributed by atoms with Gasteiger partial charge in [0.25, 0.3) is 0 Å². The molecule has 0 radical (unpaired) electrons. The number of thiazole rings is 1. The van der Waals surface area contributed by atoms with Crippen LogP contribution >= 0.6 is 11.3 Å². The van der Waals surface area contributed by atoms with Crippen molar-refractivity contribution in [1.82, 2.24) is 10.3 Å². The van der Waals surface area contributed by atoms with E-state index >= 15 is 0 Å². The highest BCUT2D eigenvalue weighted by molar-refractivity contribution is 7.09. The molecule has 0 aliphatic heterocycles. The van der Waals surface area contributed by atoms with Crippen LogP contribution in [0, 0.1) is 0 Å². The van der Waals surface area contributed by atoms with Gasteiger partial charge in [-0.2, -0.15) is 0 Å². The Hall–Kier alpha value is -1.43. The minimum Gasteiger partial charge on any atom is -0.474 e. The molecule has 13 heavy (non-hydrogen) atoms. The van der Waals surface area contributed by atoms with Crippen LogP contribution in [0.25, 0.3) is 0 Å². The lowest BCUT2D eigenvalue weighted by molar-refractivity contribution is -0.150. The second kappa shape index (κ2) is 4.56. The molecule has 0 saturated heterocycles. The van der Waals surface area contributed by atoms with E-state index in [9.17, 15) is 9.59 Å². The van der Waals surface area contributed by atoms with Crippen molar-refractivity contribution in [1.29, 1.82) is 0 Å². The largest absolute Gasteiger partial charge is 0.474 e. The minimum atomic E-state index is -1.46. The number of aliphatic carboxylic acids is 1. The number of carboxylic acid groups (broad SMARTS) is 1. The molecule has 1 rings (SSSR count). The number of nitrogens with zero attached hydrogens (tertiary/aromatic N) is 1. The van der Waals surface area contributed by atoms with E-state index in [-0.39, 0.29) is 0 Å². The summed E-state index contributed by atoms with van der Waals surface area (Å²) in [5, 5.41) is 13.2. The average molecular weight is 200 g/mol. The Morgan fingerprint density at radius 2 is 2.38 bits per heavy atom. The van der Waals surface area contributed by atoms with Crippen LogP contribution in [0.3, 0.4) is 0 Å². The zero-order chi connectivity index (χ0) is 9.68. The van der Waals surface area contributed by atoms with Gasteiger partial charge < -0.3 is 10.4 Å². The average Bonchev–Trinajstić information content (AvgIpc) is 2.56. The molecule has 5 nitrogen and oxygen atoms in total. The van der Waals surface area contributed by atoms with E-state index in [4.69, 9.17) is 5.11 Å². The second-order valence-electron chi connectivity index (χ2n) is 2.24. The maximum Gasteiger partial charge on any atom is 0.394 e. The van der Waals surface area contributed by atoms with Crippen LogP contribution in [0.2, 0.25) is 0 Å². The topological polar surface area (TPSA) is 79.3 Å². The molecule has 70 valence electrons. The monoisotopic (exact) mass is 200 g/mol. The van der Waals surface area contributed by atoms with Gasteiger partial charge in [-0.25, -0.2) is 9.78 Å². The summed E-state index contributed by atoms with van der Waals surface area (Å²) in [5.74, 6) is -2.43. The molecular formula is C7H8N2O3S. The molecular weight excluding hydrogens is 192 g/mol. The van der Waals surface area contributed by atoms with E-state index in [0.29, 0.717) is 13.0 Å². The molecule has 1 amide bonds. The lowest BCUT2D eigenvalue weighted by Gasteiger charge is -1.98. The summed E-state index contributed by atoms with van der Waals surface area (Å²) in [4.78, 5) is 24.6. The summed E-state index contributed by atoms with van der Waals surface area (Å²) in [6.45, 7) is 0.304. The number of hydrogen-bond donors (Lipinski definition) is 2. The Bertz CT molecular complexity index is 297. The number of carboxylic acids is 1. The molecule has 1 heterocycles. The fraction of sp³-hybridized carbons (Fsp3) is 0.286. The summed E-state index contributed by atoms with van der Waals surface area (Å²) in [5.41, 5.74) is 0. The minimum absolute atomic E-state index is 0.304. The summed E-state index contributed by atoms with van der Waals surface area (Å²) >= 11 is 1.47. The van der Waals surface area contributed by atoms with E-state index < -0.39 is 11.9 Å². The van der Waals surface area contributed by atoms with E-state index in [1.807, 2.05) is 5.38 Å². The number of amides is 1.